The minimum atomic E-state index is -0.572. The van der Waals surface area contributed by atoms with Crippen molar-refractivity contribution in [2.24, 2.45) is 0 Å². The molecular weight excluding hydrogens is 436 g/mol. The van der Waals surface area contributed by atoms with Crippen LogP contribution in [0, 0.1) is 20.8 Å². The number of rotatable bonds is 5. The topological polar surface area (TPSA) is 68.3 Å². The van der Waals surface area contributed by atoms with E-state index >= 15 is 0 Å². The number of carbonyl (C=O) groups excluding carboxylic acids is 2. The second-order valence-electron chi connectivity index (χ2n) is 7.93. The van der Waals surface area contributed by atoms with Crippen molar-refractivity contribution in [2.75, 3.05) is 11.9 Å². The summed E-state index contributed by atoms with van der Waals surface area (Å²) in [6.07, 6.45) is 0. The second kappa shape index (κ2) is 9.43. The van der Waals surface area contributed by atoms with Crippen LogP contribution in [0.3, 0.4) is 0 Å². The van der Waals surface area contributed by atoms with Crippen molar-refractivity contribution in [3.63, 3.8) is 0 Å². The van der Waals surface area contributed by atoms with Crippen molar-refractivity contribution in [1.82, 2.24) is 4.98 Å². The number of hydrogen-bond donors (Lipinski definition) is 1. The number of carbonyl (C=O) groups is 2. The Morgan fingerprint density at radius 2 is 1.70 bits per heavy atom. The maximum atomic E-state index is 13.1. The summed E-state index contributed by atoms with van der Waals surface area (Å²) in [5.41, 5.74) is 5.99. The molecule has 0 radical (unpaired) electrons. The van der Waals surface area contributed by atoms with E-state index in [4.69, 9.17) is 21.3 Å². The highest BCUT2D eigenvalue weighted by atomic mass is 35.5. The fourth-order valence-electron chi connectivity index (χ4n) is 3.68. The van der Waals surface area contributed by atoms with Crippen molar-refractivity contribution in [3.8, 4) is 11.3 Å². The Balaban J connectivity index is 1.62. The van der Waals surface area contributed by atoms with E-state index in [0.29, 0.717) is 38.4 Å². The number of nitrogens with one attached hydrogen (secondary N) is 1. The second-order valence-corrected chi connectivity index (χ2v) is 8.36. The predicted molar refractivity (Wildman–Crippen MR) is 132 cm³/mol. The number of nitrogens with zero attached hydrogens (tertiary/aromatic N) is 1. The monoisotopic (exact) mass is 458 g/mol. The summed E-state index contributed by atoms with van der Waals surface area (Å²) in [5.74, 6) is -1.01. The molecule has 0 unspecified atom stereocenters. The average molecular weight is 459 g/mol. The van der Waals surface area contributed by atoms with Crippen molar-refractivity contribution in [1.29, 1.82) is 0 Å². The zero-order chi connectivity index (χ0) is 23.5. The zero-order valence-corrected chi connectivity index (χ0v) is 19.4. The minimum absolute atomic E-state index is 0.405. The van der Waals surface area contributed by atoms with E-state index in [1.54, 1.807) is 12.1 Å². The third-order valence-corrected chi connectivity index (χ3v) is 5.71. The van der Waals surface area contributed by atoms with Gasteiger partial charge in [0.2, 0.25) is 0 Å². The van der Waals surface area contributed by atoms with E-state index < -0.39 is 18.5 Å². The van der Waals surface area contributed by atoms with Gasteiger partial charge in [0.15, 0.2) is 6.61 Å². The maximum absolute atomic E-state index is 13.1. The Morgan fingerprint density at radius 3 is 2.45 bits per heavy atom. The van der Waals surface area contributed by atoms with Gasteiger partial charge in [0.05, 0.1) is 16.8 Å². The number of halogens is 1. The number of pyridine rings is 1. The first-order valence-electron chi connectivity index (χ1n) is 10.5. The Kier molecular flexibility index (Phi) is 6.43. The zero-order valence-electron chi connectivity index (χ0n) is 18.6. The molecule has 5 nitrogen and oxygen atoms in total. The molecule has 166 valence electrons. The molecule has 0 bridgehead atoms. The van der Waals surface area contributed by atoms with E-state index in [1.165, 1.54) is 0 Å². The first-order valence-corrected chi connectivity index (χ1v) is 10.9. The predicted octanol–water partition coefficient (Wildman–Crippen LogP) is 6.28. The SMILES string of the molecule is Cc1ccc(-c2nc3ccccc3c(C(=O)OCC(=O)Nc3cc(Cl)ccc3C)c2C)cc1. The van der Waals surface area contributed by atoms with Crippen molar-refractivity contribution in [2.45, 2.75) is 20.8 Å². The molecule has 0 aliphatic rings. The van der Waals surface area contributed by atoms with E-state index in [-0.39, 0.29) is 0 Å². The number of benzene rings is 3. The number of aromatic nitrogens is 1. The molecule has 0 fully saturated rings. The largest absolute Gasteiger partial charge is 0.452 e. The molecule has 0 saturated carbocycles. The summed E-state index contributed by atoms with van der Waals surface area (Å²) in [7, 11) is 0. The highest BCUT2D eigenvalue weighted by molar-refractivity contribution is 6.31. The minimum Gasteiger partial charge on any atom is -0.452 e. The van der Waals surface area contributed by atoms with Crippen LogP contribution < -0.4 is 5.32 Å². The van der Waals surface area contributed by atoms with Gasteiger partial charge >= 0.3 is 5.97 Å². The fraction of sp³-hybridized carbons (Fsp3) is 0.148. The van der Waals surface area contributed by atoms with Gasteiger partial charge in [-0.1, -0.05) is 65.7 Å². The molecule has 33 heavy (non-hydrogen) atoms. The van der Waals surface area contributed by atoms with E-state index in [1.807, 2.05) is 75.4 Å². The van der Waals surface area contributed by atoms with Crippen LogP contribution in [0.15, 0.2) is 66.7 Å². The van der Waals surface area contributed by atoms with Gasteiger partial charge in [0.1, 0.15) is 0 Å². The van der Waals surface area contributed by atoms with Gasteiger partial charge in [0.25, 0.3) is 5.91 Å². The normalized spacial score (nSPS) is 10.8. The Labute approximate surface area is 197 Å². The molecular formula is C27H23ClN2O3. The number of esters is 1. The van der Waals surface area contributed by atoms with E-state index in [0.717, 1.165) is 16.7 Å². The molecule has 1 aromatic heterocycles. The van der Waals surface area contributed by atoms with Crippen molar-refractivity contribution < 1.29 is 14.3 Å². The number of fused-ring (bicyclic) bond motifs is 1. The maximum Gasteiger partial charge on any atom is 0.339 e. The van der Waals surface area contributed by atoms with Crippen LogP contribution in [0.25, 0.3) is 22.2 Å². The molecule has 0 aliphatic carbocycles. The van der Waals surface area contributed by atoms with Gasteiger partial charge in [0, 0.05) is 21.7 Å². The highest BCUT2D eigenvalue weighted by Gasteiger charge is 2.21. The van der Waals surface area contributed by atoms with E-state index in [2.05, 4.69) is 5.32 Å². The number of hydrogen-bond acceptors (Lipinski definition) is 4. The smallest absolute Gasteiger partial charge is 0.339 e. The van der Waals surface area contributed by atoms with Crippen LogP contribution in [0.5, 0.6) is 0 Å². The first kappa shape index (κ1) is 22.5. The third kappa shape index (κ3) is 4.89. The van der Waals surface area contributed by atoms with Crippen LogP contribution in [-0.2, 0) is 9.53 Å². The average Bonchev–Trinajstić information content (AvgIpc) is 2.80. The molecule has 0 saturated heterocycles. The molecule has 0 atom stereocenters. The summed E-state index contributed by atoms with van der Waals surface area (Å²) in [6, 6.07) is 20.6. The van der Waals surface area contributed by atoms with Crippen molar-refractivity contribution in [3.05, 3.63) is 94.0 Å². The van der Waals surface area contributed by atoms with Crippen LogP contribution in [0.1, 0.15) is 27.0 Å². The molecule has 1 amide bonds. The van der Waals surface area contributed by atoms with Crippen LogP contribution in [-0.4, -0.2) is 23.5 Å². The van der Waals surface area contributed by atoms with Crippen LogP contribution in [0.4, 0.5) is 5.69 Å². The number of anilines is 1. The lowest BCUT2D eigenvalue weighted by Crippen LogP contribution is -2.22. The molecule has 3 aromatic carbocycles. The number of ether oxygens (including phenoxy) is 1. The Morgan fingerprint density at radius 1 is 0.970 bits per heavy atom. The summed E-state index contributed by atoms with van der Waals surface area (Å²) in [5, 5.41) is 3.93. The molecule has 1 N–H and O–H groups in total. The van der Waals surface area contributed by atoms with Gasteiger partial charge in [-0.15, -0.1) is 0 Å². The lowest BCUT2D eigenvalue weighted by molar-refractivity contribution is -0.119. The Bertz CT molecular complexity index is 1360. The van der Waals surface area contributed by atoms with Gasteiger partial charge in [-0.25, -0.2) is 9.78 Å². The van der Waals surface area contributed by atoms with Gasteiger partial charge in [-0.05, 0) is 50.1 Å². The highest BCUT2D eigenvalue weighted by Crippen LogP contribution is 2.30. The number of amides is 1. The van der Waals surface area contributed by atoms with Gasteiger partial charge < -0.3 is 10.1 Å². The first-order chi connectivity index (χ1) is 15.8. The van der Waals surface area contributed by atoms with Crippen molar-refractivity contribution >= 4 is 40.1 Å². The summed E-state index contributed by atoms with van der Waals surface area (Å²) >= 11 is 6.01. The van der Waals surface area contributed by atoms with Crippen LogP contribution >= 0.6 is 11.6 Å². The quantitative estimate of drug-likeness (QED) is 0.357. The lowest BCUT2D eigenvalue weighted by atomic mass is 9.97. The molecule has 4 aromatic rings. The van der Waals surface area contributed by atoms with Crippen LogP contribution in [0.2, 0.25) is 5.02 Å². The third-order valence-electron chi connectivity index (χ3n) is 5.47. The molecule has 4 rings (SSSR count). The van der Waals surface area contributed by atoms with E-state index in [9.17, 15) is 9.59 Å². The number of para-hydroxylation sites is 1. The summed E-state index contributed by atoms with van der Waals surface area (Å²) in [6.45, 7) is 5.31. The summed E-state index contributed by atoms with van der Waals surface area (Å²) in [4.78, 5) is 30.4. The lowest BCUT2D eigenvalue weighted by Gasteiger charge is -2.15. The Hall–Kier alpha value is -3.70. The molecule has 1 heterocycles. The van der Waals surface area contributed by atoms with Gasteiger partial charge in [-0.2, -0.15) is 0 Å². The fourth-order valence-corrected chi connectivity index (χ4v) is 3.85. The number of aryl methyl sites for hydroxylation is 2. The molecule has 6 heteroatoms. The standard InChI is InChI=1S/C27H23ClN2O3/c1-16-8-11-19(12-9-16)26-18(3)25(21-6-4-5-7-22(21)30-26)27(32)33-15-24(31)29-23-14-20(28)13-10-17(23)2/h4-14H,15H2,1-3H3,(H,29,31). The summed E-state index contributed by atoms with van der Waals surface area (Å²) < 4.78 is 5.42. The molecule has 0 aliphatic heterocycles. The molecule has 0 spiro atoms. The van der Waals surface area contributed by atoms with Gasteiger partial charge in [-0.3, -0.25) is 4.79 Å².